The molecule has 0 aromatic heterocycles. The fourth-order valence-electron chi connectivity index (χ4n) is 2.55. The lowest BCUT2D eigenvalue weighted by atomic mass is 10.3. The van der Waals surface area contributed by atoms with Crippen LogP contribution in [0, 0.1) is 0 Å². The van der Waals surface area contributed by atoms with Gasteiger partial charge in [-0.05, 0) is 24.6 Å². The van der Waals surface area contributed by atoms with Crippen LogP contribution >= 0.6 is 15.9 Å². The number of nitrogens with zero attached hydrogens (tertiary/aromatic N) is 2. The Balaban J connectivity index is 1.76. The van der Waals surface area contributed by atoms with Crippen molar-refractivity contribution in [3.63, 3.8) is 0 Å². The van der Waals surface area contributed by atoms with Crippen LogP contribution in [-0.2, 0) is 14.8 Å². The van der Waals surface area contributed by atoms with E-state index < -0.39 is 22.8 Å². The third-order valence-corrected chi connectivity index (χ3v) is 6.18. The first-order chi connectivity index (χ1) is 11.7. The minimum Gasteiger partial charge on any atom is -0.372 e. The van der Waals surface area contributed by atoms with E-state index in [4.69, 9.17) is 0 Å². The summed E-state index contributed by atoms with van der Waals surface area (Å²) in [6, 6.07) is 6.57. The van der Waals surface area contributed by atoms with Crippen molar-refractivity contribution >= 4 is 26.0 Å². The van der Waals surface area contributed by atoms with Crippen molar-refractivity contribution in [3.05, 3.63) is 28.7 Å². The van der Waals surface area contributed by atoms with Gasteiger partial charge < -0.3 is 9.64 Å². The van der Waals surface area contributed by atoms with Gasteiger partial charge in [-0.15, -0.1) is 0 Å². The average molecular weight is 445 g/mol. The lowest BCUT2D eigenvalue weighted by Gasteiger charge is -2.34. The number of rotatable bonds is 7. The van der Waals surface area contributed by atoms with E-state index in [1.807, 2.05) is 4.90 Å². The quantitative estimate of drug-likeness (QED) is 0.606. The van der Waals surface area contributed by atoms with Gasteiger partial charge in [0.05, 0.1) is 4.90 Å². The monoisotopic (exact) mass is 444 g/mol. The Morgan fingerprint density at radius 2 is 1.84 bits per heavy atom. The van der Waals surface area contributed by atoms with E-state index in [9.17, 15) is 21.6 Å². The molecule has 0 unspecified atom stereocenters. The van der Waals surface area contributed by atoms with Crippen molar-refractivity contribution in [1.82, 2.24) is 9.21 Å². The molecule has 2 rings (SSSR count). The highest BCUT2D eigenvalue weighted by Gasteiger charge is 2.29. The van der Waals surface area contributed by atoms with E-state index >= 15 is 0 Å². The average Bonchev–Trinajstić information content (AvgIpc) is 2.54. The zero-order valence-corrected chi connectivity index (χ0v) is 15.9. The number of ether oxygens (including phenoxy) is 1. The van der Waals surface area contributed by atoms with E-state index in [-0.39, 0.29) is 11.5 Å². The third-order valence-electron chi connectivity index (χ3n) is 3.79. The van der Waals surface area contributed by atoms with Gasteiger partial charge in [-0.2, -0.15) is 17.5 Å². The molecular weight excluding hydrogens is 425 g/mol. The summed E-state index contributed by atoms with van der Waals surface area (Å²) in [5.41, 5.74) is 0. The van der Waals surface area contributed by atoms with Crippen LogP contribution in [0.5, 0.6) is 0 Å². The van der Waals surface area contributed by atoms with E-state index in [2.05, 4.69) is 20.7 Å². The molecule has 0 aliphatic carbocycles. The van der Waals surface area contributed by atoms with Crippen molar-refractivity contribution < 1.29 is 26.3 Å². The Hall–Kier alpha value is -0.680. The zero-order chi connectivity index (χ0) is 18.5. The second-order valence-corrected chi connectivity index (χ2v) is 8.58. The van der Waals surface area contributed by atoms with Gasteiger partial charge in [0, 0.05) is 43.8 Å². The van der Waals surface area contributed by atoms with Crippen molar-refractivity contribution in [3.8, 4) is 0 Å². The first-order valence-electron chi connectivity index (χ1n) is 7.81. The smallest absolute Gasteiger partial charge is 0.372 e. The molecule has 1 aliphatic rings. The summed E-state index contributed by atoms with van der Waals surface area (Å²) in [4.78, 5) is 2.28. The molecule has 0 spiro atoms. The normalized spacial score (nSPS) is 17.8. The summed E-state index contributed by atoms with van der Waals surface area (Å²) in [7, 11) is -3.53. The molecule has 1 aliphatic heterocycles. The lowest BCUT2D eigenvalue weighted by Crippen LogP contribution is -2.48. The van der Waals surface area contributed by atoms with Gasteiger partial charge in [-0.3, -0.25) is 0 Å². The summed E-state index contributed by atoms with van der Waals surface area (Å²) in [5.74, 6) is 0. The molecule has 0 amide bonds. The summed E-state index contributed by atoms with van der Waals surface area (Å²) in [6.07, 6.45) is -3.82. The van der Waals surface area contributed by atoms with E-state index in [0.717, 1.165) is 0 Å². The van der Waals surface area contributed by atoms with E-state index in [1.54, 1.807) is 24.3 Å². The molecule has 0 bridgehead atoms. The van der Waals surface area contributed by atoms with Crippen LogP contribution in [0.15, 0.2) is 33.6 Å². The number of benzene rings is 1. The molecule has 0 saturated carbocycles. The highest BCUT2D eigenvalue weighted by molar-refractivity contribution is 9.10. The maximum atomic E-state index is 12.6. The minimum atomic E-state index is -4.30. The maximum absolute atomic E-state index is 12.6. The van der Waals surface area contributed by atoms with Gasteiger partial charge in [0.1, 0.15) is 6.61 Å². The van der Waals surface area contributed by atoms with E-state index in [0.29, 0.717) is 43.6 Å². The number of halogens is 4. The Bertz CT molecular complexity index is 662. The summed E-state index contributed by atoms with van der Waals surface area (Å²) < 4.78 is 67.8. The van der Waals surface area contributed by atoms with Gasteiger partial charge >= 0.3 is 6.18 Å². The summed E-state index contributed by atoms with van der Waals surface area (Å²) in [6.45, 7) is 1.21. The topological polar surface area (TPSA) is 49.9 Å². The van der Waals surface area contributed by atoms with Crippen molar-refractivity contribution in [2.75, 3.05) is 45.9 Å². The van der Waals surface area contributed by atoms with Crippen molar-refractivity contribution in [2.24, 2.45) is 0 Å². The molecule has 1 saturated heterocycles. The molecule has 1 fully saturated rings. The standard InChI is InChI=1S/C15H20BrF3N2O3S/c16-13-3-1-4-14(11-13)25(22,23)21-8-6-20(7-9-21)5-2-10-24-12-15(17,18)19/h1,3-4,11H,2,5-10,12H2. The Morgan fingerprint density at radius 1 is 1.16 bits per heavy atom. The highest BCUT2D eigenvalue weighted by atomic mass is 79.9. The van der Waals surface area contributed by atoms with Gasteiger partial charge in [0.2, 0.25) is 10.0 Å². The van der Waals surface area contributed by atoms with Crippen LogP contribution in [0.25, 0.3) is 0 Å². The molecule has 1 aromatic carbocycles. The maximum Gasteiger partial charge on any atom is 0.411 e. The first-order valence-corrected chi connectivity index (χ1v) is 10.0. The van der Waals surface area contributed by atoms with Crippen LogP contribution in [-0.4, -0.2) is 69.7 Å². The molecule has 1 aromatic rings. The van der Waals surface area contributed by atoms with Crippen LogP contribution in [0.1, 0.15) is 6.42 Å². The molecule has 25 heavy (non-hydrogen) atoms. The molecule has 0 atom stereocenters. The molecule has 5 nitrogen and oxygen atoms in total. The lowest BCUT2D eigenvalue weighted by molar-refractivity contribution is -0.174. The van der Waals surface area contributed by atoms with Crippen LogP contribution in [0.2, 0.25) is 0 Å². The molecular formula is C15H20BrF3N2O3S. The zero-order valence-electron chi connectivity index (χ0n) is 13.5. The predicted molar refractivity (Wildman–Crippen MR) is 90.8 cm³/mol. The summed E-state index contributed by atoms with van der Waals surface area (Å²) >= 11 is 3.27. The van der Waals surface area contributed by atoms with Crippen molar-refractivity contribution in [1.29, 1.82) is 0 Å². The highest BCUT2D eigenvalue weighted by Crippen LogP contribution is 2.21. The Morgan fingerprint density at radius 3 is 2.44 bits per heavy atom. The van der Waals surface area contributed by atoms with Gasteiger partial charge in [0.25, 0.3) is 0 Å². The molecule has 10 heteroatoms. The van der Waals surface area contributed by atoms with Crippen LogP contribution in [0.4, 0.5) is 13.2 Å². The second-order valence-electron chi connectivity index (χ2n) is 5.72. The molecule has 142 valence electrons. The third kappa shape index (κ3) is 6.52. The SMILES string of the molecule is O=S(=O)(c1cccc(Br)c1)N1CCN(CCCOCC(F)(F)F)CC1. The minimum absolute atomic E-state index is 0.0378. The number of alkyl halides is 3. The predicted octanol–water partition coefficient (Wildman–Crippen LogP) is 2.72. The number of sulfonamides is 1. The van der Waals surface area contributed by atoms with Crippen molar-refractivity contribution in [2.45, 2.75) is 17.5 Å². The largest absolute Gasteiger partial charge is 0.411 e. The Labute approximate surface area is 153 Å². The van der Waals surface area contributed by atoms with Gasteiger partial charge in [-0.25, -0.2) is 8.42 Å². The fraction of sp³-hybridized carbons (Fsp3) is 0.600. The number of hydrogen-bond acceptors (Lipinski definition) is 4. The number of hydrogen-bond donors (Lipinski definition) is 0. The van der Waals surface area contributed by atoms with Crippen LogP contribution < -0.4 is 0 Å². The van der Waals surface area contributed by atoms with Gasteiger partial charge in [-0.1, -0.05) is 22.0 Å². The molecule has 0 N–H and O–H groups in total. The molecule has 1 heterocycles. The van der Waals surface area contributed by atoms with E-state index in [1.165, 1.54) is 4.31 Å². The molecule has 0 radical (unpaired) electrons. The first kappa shape index (κ1) is 20.6. The fourth-order valence-corrected chi connectivity index (χ4v) is 4.57. The Kier molecular flexibility index (Phi) is 7.27. The van der Waals surface area contributed by atoms with Crippen LogP contribution in [0.3, 0.4) is 0 Å². The number of piperazine rings is 1. The summed E-state index contributed by atoms with van der Waals surface area (Å²) in [5, 5.41) is 0. The van der Waals surface area contributed by atoms with Gasteiger partial charge in [0.15, 0.2) is 0 Å². The second kappa shape index (κ2) is 8.81.